The molecule has 4 rings (SSSR count). The average Bonchev–Trinajstić information content (AvgIpc) is 2.99. The first-order valence-corrected chi connectivity index (χ1v) is 9.20. The first-order chi connectivity index (χ1) is 12.7. The maximum atomic E-state index is 5.90. The van der Waals surface area contributed by atoms with Gasteiger partial charge in [0.2, 0.25) is 0 Å². The summed E-state index contributed by atoms with van der Waals surface area (Å²) in [5.74, 6) is 1.47. The second-order valence-electron chi connectivity index (χ2n) is 7.45. The molecule has 7 heteroatoms. The van der Waals surface area contributed by atoms with E-state index in [0.29, 0.717) is 18.5 Å². The maximum absolute atomic E-state index is 5.90. The van der Waals surface area contributed by atoms with Gasteiger partial charge >= 0.3 is 0 Å². The second kappa shape index (κ2) is 7.73. The van der Waals surface area contributed by atoms with Crippen molar-refractivity contribution < 1.29 is 9.47 Å². The molecule has 26 heavy (non-hydrogen) atoms. The van der Waals surface area contributed by atoms with Gasteiger partial charge in [-0.1, -0.05) is 6.07 Å². The van der Waals surface area contributed by atoms with Gasteiger partial charge in [-0.2, -0.15) is 5.10 Å². The number of likely N-dealkylation sites (N-methyl/N-ethyl adjacent to an activating group) is 1. The molecule has 1 aromatic heterocycles. The molecule has 2 aliphatic rings. The molecule has 0 amide bonds. The van der Waals surface area contributed by atoms with Crippen molar-refractivity contribution in [1.82, 2.24) is 24.6 Å². The van der Waals surface area contributed by atoms with Gasteiger partial charge in [0.15, 0.2) is 0 Å². The summed E-state index contributed by atoms with van der Waals surface area (Å²) in [4.78, 5) is 9.06. The van der Waals surface area contributed by atoms with Crippen LogP contribution >= 0.6 is 0 Å². The number of nitrogens with zero attached hydrogens (tertiary/aromatic N) is 5. The minimum absolute atomic E-state index is 0.452. The summed E-state index contributed by atoms with van der Waals surface area (Å²) in [6, 6.07) is 6.92. The van der Waals surface area contributed by atoms with Gasteiger partial charge < -0.3 is 14.4 Å². The van der Waals surface area contributed by atoms with E-state index in [-0.39, 0.29) is 0 Å². The lowest BCUT2D eigenvalue weighted by atomic mass is 10.1. The number of ether oxygens (including phenoxy) is 2. The van der Waals surface area contributed by atoms with Crippen molar-refractivity contribution in [3.05, 3.63) is 42.0 Å². The Morgan fingerprint density at radius 1 is 1.19 bits per heavy atom. The summed E-state index contributed by atoms with van der Waals surface area (Å²) in [6.07, 6.45) is 3.29. The summed E-state index contributed by atoms with van der Waals surface area (Å²) in [6.45, 7) is 6.58. The molecule has 0 N–H and O–H groups in total. The molecule has 0 aliphatic carbocycles. The van der Waals surface area contributed by atoms with Gasteiger partial charge in [-0.3, -0.25) is 4.90 Å². The molecule has 140 valence electrons. The first-order valence-electron chi connectivity index (χ1n) is 9.20. The van der Waals surface area contributed by atoms with Crippen LogP contribution in [0.15, 0.2) is 30.9 Å². The lowest BCUT2D eigenvalue weighted by Crippen LogP contribution is -2.42. The van der Waals surface area contributed by atoms with Crippen LogP contribution in [0.4, 0.5) is 0 Å². The minimum atomic E-state index is 0.452. The molecule has 0 unspecified atom stereocenters. The topological polar surface area (TPSA) is 55.7 Å². The Balaban J connectivity index is 1.54. The zero-order chi connectivity index (χ0) is 17.9. The van der Waals surface area contributed by atoms with E-state index in [1.54, 1.807) is 19.8 Å². The molecular formula is C19H27N5O2. The van der Waals surface area contributed by atoms with Crippen molar-refractivity contribution in [2.75, 3.05) is 47.0 Å². The highest BCUT2D eigenvalue weighted by molar-refractivity contribution is 5.37. The third-order valence-electron chi connectivity index (χ3n) is 5.29. The Labute approximate surface area is 154 Å². The van der Waals surface area contributed by atoms with E-state index in [0.717, 1.165) is 50.7 Å². The van der Waals surface area contributed by atoms with E-state index in [4.69, 9.17) is 9.47 Å². The van der Waals surface area contributed by atoms with Crippen molar-refractivity contribution in [3.63, 3.8) is 0 Å². The quantitative estimate of drug-likeness (QED) is 0.799. The molecule has 3 heterocycles. The number of benzene rings is 1. The monoisotopic (exact) mass is 357 g/mol. The molecule has 2 aliphatic heterocycles. The Hall–Kier alpha value is -1.96. The molecule has 0 radical (unpaired) electrons. The Morgan fingerprint density at radius 2 is 2.12 bits per heavy atom. The third kappa shape index (κ3) is 3.90. The normalized spacial score (nSPS) is 24.4. The SMILES string of the molecule is COc1ccc(CN2C[C@H]3COC[C@@H]2CN(C)C3)cc1Cn1cncn1. The van der Waals surface area contributed by atoms with Gasteiger partial charge in [-0.25, -0.2) is 9.67 Å². The molecule has 2 bridgehead atoms. The minimum Gasteiger partial charge on any atom is -0.496 e. The Morgan fingerprint density at radius 3 is 2.92 bits per heavy atom. The predicted molar refractivity (Wildman–Crippen MR) is 98.1 cm³/mol. The molecule has 0 spiro atoms. The Kier molecular flexibility index (Phi) is 5.19. The van der Waals surface area contributed by atoms with Crippen LogP contribution in [0, 0.1) is 5.92 Å². The Bertz CT molecular complexity index is 721. The van der Waals surface area contributed by atoms with Crippen LogP contribution in [0.3, 0.4) is 0 Å². The standard InChI is InChI=1S/C19H27N5O2/c1-22-6-16-8-23(18(10-22)12-26-11-16)7-15-3-4-19(25-2)17(5-15)9-24-14-20-13-21-24/h3-5,13-14,16,18H,6-12H2,1-2H3/t16-,18-/m0/s1. The van der Waals surface area contributed by atoms with Crippen LogP contribution in [0.5, 0.6) is 5.75 Å². The molecule has 2 saturated heterocycles. The lowest BCUT2D eigenvalue weighted by molar-refractivity contribution is 0.0562. The van der Waals surface area contributed by atoms with E-state index in [1.165, 1.54) is 5.56 Å². The van der Waals surface area contributed by atoms with Gasteiger partial charge in [0.25, 0.3) is 0 Å². The maximum Gasteiger partial charge on any atom is 0.137 e. The zero-order valence-corrected chi connectivity index (χ0v) is 15.5. The van der Waals surface area contributed by atoms with E-state index in [2.05, 4.69) is 45.1 Å². The summed E-state index contributed by atoms with van der Waals surface area (Å²) >= 11 is 0. The van der Waals surface area contributed by atoms with Gasteiger partial charge in [0.1, 0.15) is 18.4 Å². The largest absolute Gasteiger partial charge is 0.496 e. The lowest BCUT2D eigenvalue weighted by Gasteiger charge is -2.29. The number of hydrogen-bond donors (Lipinski definition) is 0. The first kappa shape index (κ1) is 17.5. The number of hydrogen-bond acceptors (Lipinski definition) is 6. The van der Waals surface area contributed by atoms with Crippen molar-refractivity contribution in [2.24, 2.45) is 5.92 Å². The molecule has 2 atom stereocenters. The number of aromatic nitrogens is 3. The highest BCUT2D eigenvalue weighted by Crippen LogP contribution is 2.25. The fraction of sp³-hybridized carbons (Fsp3) is 0.579. The molecule has 1 aromatic carbocycles. The fourth-order valence-electron chi connectivity index (χ4n) is 4.13. The number of methoxy groups -OCH3 is 1. The average molecular weight is 357 g/mol. The van der Waals surface area contributed by atoms with Crippen LogP contribution in [-0.4, -0.2) is 77.6 Å². The van der Waals surface area contributed by atoms with Crippen molar-refractivity contribution >= 4 is 0 Å². The molecule has 7 nitrogen and oxygen atoms in total. The third-order valence-corrected chi connectivity index (χ3v) is 5.29. The van der Waals surface area contributed by atoms with Gasteiger partial charge in [-0.05, 0) is 24.7 Å². The van der Waals surface area contributed by atoms with Crippen molar-refractivity contribution in [1.29, 1.82) is 0 Å². The molecule has 2 aromatic rings. The van der Waals surface area contributed by atoms with Crippen LogP contribution in [-0.2, 0) is 17.8 Å². The smallest absolute Gasteiger partial charge is 0.137 e. The highest BCUT2D eigenvalue weighted by atomic mass is 16.5. The van der Waals surface area contributed by atoms with Crippen molar-refractivity contribution in [3.8, 4) is 5.75 Å². The van der Waals surface area contributed by atoms with E-state index in [9.17, 15) is 0 Å². The van der Waals surface area contributed by atoms with Crippen LogP contribution in [0.2, 0.25) is 0 Å². The van der Waals surface area contributed by atoms with Gasteiger partial charge in [0, 0.05) is 43.7 Å². The molecule has 0 saturated carbocycles. The molecular weight excluding hydrogens is 330 g/mol. The molecule has 2 fully saturated rings. The fourth-order valence-corrected chi connectivity index (χ4v) is 4.13. The van der Waals surface area contributed by atoms with Crippen LogP contribution in [0.25, 0.3) is 0 Å². The van der Waals surface area contributed by atoms with E-state index < -0.39 is 0 Å². The summed E-state index contributed by atoms with van der Waals surface area (Å²) < 4.78 is 13.3. The predicted octanol–water partition coefficient (Wildman–Crippen LogP) is 1.10. The van der Waals surface area contributed by atoms with Gasteiger partial charge in [0.05, 0.1) is 26.9 Å². The number of rotatable bonds is 5. The van der Waals surface area contributed by atoms with Gasteiger partial charge in [-0.15, -0.1) is 0 Å². The summed E-state index contributed by atoms with van der Waals surface area (Å²) in [7, 11) is 3.93. The summed E-state index contributed by atoms with van der Waals surface area (Å²) in [5, 5.41) is 4.21. The van der Waals surface area contributed by atoms with Crippen LogP contribution in [0.1, 0.15) is 11.1 Å². The zero-order valence-electron chi connectivity index (χ0n) is 15.5. The highest BCUT2D eigenvalue weighted by Gasteiger charge is 2.31. The second-order valence-corrected chi connectivity index (χ2v) is 7.45. The van der Waals surface area contributed by atoms with Crippen LogP contribution < -0.4 is 4.74 Å². The van der Waals surface area contributed by atoms with E-state index in [1.807, 2.05) is 4.68 Å². The van der Waals surface area contributed by atoms with E-state index >= 15 is 0 Å². The van der Waals surface area contributed by atoms with Crippen molar-refractivity contribution in [2.45, 2.75) is 19.1 Å². The summed E-state index contributed by atoms with van der Waals surface area (Å²) in [5.41, 5.74) is 2.43. The number of fused-ring (bicyclic) bond motifs is 3.